The van der Waals surface area contributed by atoms with Gasteiger partial charge in [0.25, 0.3) is 15.9 Å². The Morgan fingerprint density at radius 3 is 2.10 bits per heavy atom. The van der Waals surface area contributed by atoms with E-state index < -0.39 is 32.1 Å². The highest BCUT2D eigenvalue weighted by Gasteiger charge is 2.31. The van der Waals surface area contributed by atoms with Gasteiger partial charge in [0.2, 0.25) is 0 Å². The van der Waals surface area contributed by atoms with Crippen LogP contribution in [0.2, 0.25) is 0 Å². The van der Waals surface area contributed by atoms with Crippen LogP contribution in [0.1, 0.15) is 45.7 Å². The molecular formula is C14H18F3NO2S. The van der Waals surface area contributed by atoms with Crippen molar-refractivity contribution < 1.29 is 21.6 Å². The first-order valence-electron chi connectivity index (χ1n) is 6.25. The molecule has 1 rings (SSSR count). The summed E-state index contributed by atoms with van der Waals surface area (Å²) in [6, 6.07) is 3.43. The van der Waals surface area contributed by atoms with E-state index in [0.717, 1.165) is 6.07 Å². The van der Waals surface area contributed by atoms with Crippen LogP contribution in [-0.4, -0.2) is 18.9 Å². The van der Waals surface area contributed by atoms with Gasteiger partial charge in [0.1, 0.15) is 5.82 Å². The SMILES string of the molecule is C/C(=N\S(=O)(=O)C(C)(C)C)c1cccc(C(C)(F)F)c1F. The fraction of sp³-hybridized carbons (Fsp3) is 0.500. The number of hydrogen-bond donors (Lipinski definition) is 0. The summed E-state index contributed by atoms with van der Waals surface area (Å²) in [7, 11) is -3.88. The lowest BCUT2D eigenvalue weighted by Crippen LogP contribution is -2.27. The van der Waals surface area contributed by atoms with Crippen molar-refractivity contribution in [2.45, 2.75) is 45.3 Å². The quantitative estimate of drug-likeness (QED) is 0.793. The summed E-state index contributed by atoms with van der Waals surface area (Å²) < 4.78 is 67.0. The fourth-order valence-electron chi connectivity index (χ4n) is 1.52. The summed E-state index contributed by atoms with van der Waals surface area (Å²) in [4.78, 5) is 0. The van der Waals surface area contributed by atoms with Crippen molar-refractivity contribution in [3.8, 4) is 0 Å². The maximum atomic E-state index is 14.1. The Balaban J connectivity index is 3.44. The number of rotatable bonds is 3. The van der Waals surface area contributed by atoms with E-state index in [9.17, 15) is 21.6 Å². The van der Waals surface area contributed by atoms with Gasteiger partial charge in [-0.1, -0.05) is 18.2 Å². The standard InChI is InChI=1S/C14H18F3NO2S/c1-9(18-21(19,20)13(2,3)4)10-7-6-8-11(12(10)15)14(5,16)17/h6-8H,1-5H3/b18-9+. The number of alkyl halides is 2. The number of halogens is 3. The third-order valence-electron chi connectivity index (χ3n) is 2.89. The average Bonchev–Trinajstić information content (AvgIpc) is 2.25. The third-order valence-corrected chi connectivity index (χ3v) is 4.95. The molecule has 118 valence electrons. The second-order valence-electron chi connectivity index (χ2n) is 5.82. The first-order valence-corrected chi connectivity index (χ1v) is 7.69. The van der Waals surface area contributed by atoms with E-state index >= 15 is 0 Å². The van der Waals surface area contributed by atoms with Crippen molar-refractivity contribution in [1.82, 2.24) is 0 Å². The normalized spacial score (nSPS) is 14.4. The van der Waals surface area contributed by atoms with Crippen molar-refractivity contribution in [3.63, 3.8) is 0 Å². The molecular weight excluding hydrogens is 303 g/mol. The number of benzene rings is 1. The van der Waals surface area contributed by atoms with E-state index in [1.54, 1.807) is 0 Å². The molecule has 0 atom stereocenters. The molecule has 0 unspecified atom stereocenters. The zero-order valence-electron chi connectivity index (χ0n) is 12.5. The molecule has 0 spiro atoms. The van der Waals surface area contributed by atoms with Crippen LogP contribution in [0.5, 0.6) is 0 Å². The van der Waals surface area contributed by atoms with Crippen molar-refractivity contribution in [2.75, 3.05) is 0 Å². The zero-order valence-corrected chi connectivity index (χ0v) is 13.4. The van der Waals surface area contributed by atoms with Gasteiger partial charge in [0, 0.05) is 12.5 Å². The fourth-order valence-corrected chi connectivity index (χ4v) is 2.25. The van der Waals surface area contributed by atoms with Crippen molar-refractivity contribution in [2.24, 2.45) is 4.40 Å². The molecule has 1 aromatic rings. The van der Waals surface area contributed by atoms with Gasteiger partial charge in [-0.3, -0.25) is 0 Å². The van der Waals surface area contributed by atoms with Gasteiger partial charge < -0.3 is 0 Å². The van der Waals surface area contributed by atoms with Gasteiger partial charge in [0.05, 0.1) is 16.0 Å². The molecule has 21 heavy (non-hydrogen) atoms. The Labute approximate surface area is 123 Å². The molecule has 0 aliphatic carbocycles. The lowest BCUT2D eigenvalue weighted by Gasteiger charge is -2.17. The summed E-state index contributed by atoms with van der Waals surface area (Å²) >= 11 is 0. The highest BCUT2D eigenvalue weighted by molar-refractivity contribution is 7.91. The molecule has 0 saturated heterocycles. The number of hydrogen-bond acceptors (Lipinski definition) is 2. The van der Waals surface area contributed by atoms with E-state index in [0.29, 0.717) is 6.92 Å². The predicted octanol–water partition coefficient (Wildman–Crippen LogP) is 3.87. The molecule has 0 saturated carbocycles. The van der Waals surface area contributed by atoms with E-state index in [4.69, 9.17) is 0 Å². The van der Waals surface area contributed by atoms with Crippen LogP contribution >= 0.6 is 0 Å². The smallest absolute Gasteiger partial charge is 0.206 e. The second kappa shape index (κ2) is 5.44. The van der Waals surface area contributed by atoms with Crippen LogP contribution in [0.25, 0.3) is 0 Å². The summed E-state index contributed by atoms with van der Waals surface area (Å²) in [6.07, 6.45) is 0. The predicted molar refractivity (Wildman–Crippen MR) is 76.9 cm³/mol. The minimum absolute atomic E-state index is 0.159. The van der Waals surface area contributed by atoms with Crippen LogP contribution in [0.4, 0.5) is 13.2 Å². The van der Waals surface area contributed by atoms with Crippen LogP contribution in [0.3, 0.4) is 0 Å². The monoisotopic (exact) mass is 321 g/mol. The van der Waals surface area contributed by atoms with E-state index in [1.807, 2.05) is 0 Å². The lowest BCUT2D eigenvalue weighted by atomic mass is 10.0. The molecule has 1 aromatic carbocycles. The average molecular weight is 321 g/mol. The molecule has 0 bridgehead atoms. The van der Waals surface area contributed by atoms with Gasteiger partial charge in [-0.25, -0.2) is 21.6 Å². The molecule has 0 aliphatic heterocycles. The van der Waals surface area contributed by atoms with Gasteiger partial charge in [-0.15, -0.1) is 0 Å². The van der Waals surface area contributed by atoms with Crippen LogP contribution < -0.4 is 0 Å². The van der Waals surface area contributed by atoms with E-state index in [2.05, 4.69) is 4.40 Å². The molecule has 0 aromatic heterocycles. The summed E-state index contributed by atoms with van der Waals surface area (Å²) in [5, 5.41) is 0. The van der Waals surface area contributed by atoms with Crippen molar-refractivity contribution in [3.05, 3.63) is 35.1 Å². The Bertz CT molecular complexity index is 668. The topological polar surface area (TPSA) is 46.5 Å². The first kappa shape index (κ1) is 17.7. The van der Waals surface area contributed by atoms with E-state index in [1.165, 1.54) is 39.8 Å². The Morgan fingerprint density at radius 2 is 1.67 bits per heavy atom. The maximum Gasteiger partial charge on any atom is 0.273 e. The lowest BCUT2D eigenvalue weighted by molar-refractivity contribution is 0.0137. The molecule has 7 heteroatoms. The van der Waals surface area contributed by atoms with Crippen molar-refractivity contribution >= 4 is 15.7 Å². The summed E-state index contributed by atoms with van der Waals surface area (Å²) in [5.74, 6) is -4.51. The summed E-state index contributed by atoms with van der Waals surface area (Å²) in [6.45, 7) is 6.21. The highest BCUT2D eigenvalue weighted by Crippen LogP contribution is 2.31. The maximum absolute atomic E-state index is 14.1. The van der Waals surface area contributed by atoms with Gasteiger partial charge >= 0.3 is 0 Å². The minimum Gasteiger partial charge on any atom is -0.206 e. The Hall–Kier alpha value is -1.37. The molecule has 0 N–H and O–H groups in total. The van der Waals surface area contributed by atoms with Crippen LogP contribution in [-0.2, 0) is 15.9 Å². The molecule has 0 radical (unpaired) electrons. The molecule has 0 fully saturated rings. The Morgan fingerprint density at radius 1 is 1.14 bits per heavy atom. The van der Waals surface area contributed by atoms with E-state index in [-0.39, 0.29) is 11.3 Å². The third kappa shape index (κ3) is 3.84. The molecule has 0 aliphatic rings. The van der Waals surface area contributed by atoms with Gasteiger partial charge in [-0.05, 0) is 27.7 Å². The molecule has 0 amide bonds. The number of nitrogens with zero attached hydrogens (tertiary/aromatic N) is 1. The highest BCUT2D eigenvalue weighted by atomic mass is 32.2. The molecule has 3 nitrogen and oxygen atoms in total. The van der Waals surface area contributed by atoms with Crippen LogP contribution in [0, 0.1) is 5.82 Å². The zero-order chi connectivity index (χ0) is 16.6. The first-order chi connectivity index (χ1) is 9.27. The van der Waals surface area contributed by atoms with Gasteiger partial charge in [-0.2, -0.15) is 4.40 Å². The largest absolute Gasteiger partial charge is 0.273 e. The second-order valence-corrected chi connectivity index (χ2v) is 8.18. The minimum atomic E-state index is -3.88. The van der Waals surface area contributed by atoms with Crippen molar-refractivity contribution in [1.29, 1.82) is 0 Å². The molecule has 0 heterocycles. The summed E-state index contributed by atoms with van der Waals surface area (Å²) in [5.41, 5.74) is -1.20. The van der Waals surface area contributed by atoms with Crippen LogP contribution in [0.15, 0.2) is 22.6 Å². The van der Waals surface area contributed by atoms with Gasteiger partial charge in [0.15, 0.2) is 0 Å². The number of sulfonamides is 1. The Kier molecular flexibility index (Phi) is 4.58.